The minimum absolute atomic E-state index is 0.0472. The summed E-state index contributed by atoms with van der Waals surface area (Å²) in [6.45, 7) is 2.12. The number of likely N-dealkylation sites (N-methyl/N-ethyl adjacent to an activating group) is 1. The van der Waals surface area contributed by atoms with Gasteiger partial charge in [-0.25, -0.2) is 0 Å². The Labute approximate surface area is 106 Å². The second-order valence-electron chi connectivity index (χ2n) is 3.74. The van der Waals surface area contributed by atoms with E-state index in [1.54, 1.807) is 11.8 Å². The van der Waals surface area contributed by atoms with Crippen molar-refractivity contribution < 1.29 is 4.79 Å². The average Bonchev–Trinajstić information content (AvgIpc) is 2.26. The predicted molar refractivity (Wildman–Crippen MR) is 70.9 cm³/mol. The minimum atomic E-state index is -0.0472. The molecular weight excluding hydrogens is 242 g/mol. The van der Waals surface area contributed by atoms with Gasteiger partial charge in [-0.3, -0.25) is 0 Å². The summed E-state index contributed by atoms with van der Waals surface area (Å²) in [5.74, 6) is 0.994. The number of rotatable bonds is 4. The summed E-state index contributed by atoms with van der Waals surface area (Å²) in [5.41, 5.74) is 10.5. The summed E-state index contributed by atoms with van der Waals surface area (Å²) < 4.78 is 0. The van der Waals surface area contributed by atoms with Crippen LogP contribution in [0.4, 0.5) is 0 Å². The number of halogens is 1. The van der Waals surface area contributed by atoms with Crippen LogP contribution in [0.15, 0.2) is 22.9 Å². The van der Waals surface area contributed by atoms with E-state index in [4.69, 9.17) is 17.1 Å². The first-order chi connectivity index (χ1) is 7.61. The van der Waals surface area contributed by atoms with Gasteiger partial charge in [-0.1, -0.05) is 18.5 Å². The van der Waals surface area contributed by atoms with Crippen molar-refractivity contribution in [1.82, 2.24) is 4.90 Å². The van der Waals surface area contributed by atoms with Crippen molar-refractivity contribution in [3.05, 3.63) is 28.4 Å². The highest BCUT2D eigenvalue weighted by molar-refractivity contribution is 8.00. The second kappa shape index (κ2) is 6.14. The highest BCUT2D eigenvalue weighted by Crippen LogP contribution is 2.31. The van der Waals surface area contributed by atoms with Gasteiger partial charge in [-0.15, -0.1) is 11.8 Å². The van der Waals surface area contributed by atoms with Crippen LogP contribution >= 0.6 is 23.4 Å². The second-order valence-corrected chi connectivity index (χ2v) is 5.36. The summed E-state index contributed by atoms with van der Waals surface area (Å²) in [6.07, 6.45) is 4.76. The highest BCUT2D eigenvalue weighted by atomic mass is 35.5. The van der Waals surface area contributed by atoms with Crippen LogP contribution in [0.2, 0.25) is 0 Å². The fraction of sp³-hybridized carbons (Fsp3) is 0.545. The summed E-state index contributed by atoms with van der Waals surface area (Å²) in [6, 6.07) is 0. The van der Waals surface area contributed by atoms with Crippen molar-refractivity contribution in [3.8, 4) is 0 Å². The molecule has 3 nitrogen and oxygen atoms in total. The van der Waals surface area contributed by atoms with Gasteiger partial charge in [0.25, 0.3) is 0 Å². The first-order valence-corrected chi connectivity index (χ1v) is 6.63. The third-order valence-electron chi connectivity index (χ3n) is 2.24. The number of thioether (sulfide) groups is 1. The third kappa shape index (κ3) is 2.91. The zero-order valence-electron chi connectivity index (χ0n) is 9.77. The first kappa shape index (κ1) is 13.4. The summed E-state index contributed by atoms with van der Waals surface area (Å²) in [4.78, 5) is 5.26. The summed E-state index contributed by atoms with van der Waals surface area (Å²) in [5, 5.41) is 0.688. The molecule has 1 atom stereocenters. The van der Waals surface area contributed by atoms with Gasteiger partial charge in [-0.2, -0.15) is 4.79 Å². The molecule has 0 radical (unpaired) electrons. The minimum Gasteiger partial charge on any atom is -0.377 e. The summed E-state index contributed by atoms with van der Waals surface area (Å²) in [7, 11) is 3.90. The molecule has 0 aromatic heterocycles. The zero-order chi connectivity index (χ0) is 12.1. The molecule has 0 N–H and O–H groups in total. The predicted octanol–water partition coefficient (Wildman–Crippen LogP) is 2.75. The van der Waals surface area contributed by atoms with Crippen LogP contribution in [-0.4, -0.2) is 40.5 Å². The Balaban J connectivity index is 2.99. The molecule has 5 heteroatoms. The van der Waals surface area contributed by atoms with E-state index in [-0.39, 0.29) is 5.25 Å². The molecule has 0 heterocycles. The van der Waals surface area contributed by atoms with Crippen molar-refractivity contribution in [1.29, 1.82) is 0 Å². The molecule has 1 unspecified atom stereocenters. The van der Waals surface area contributed by atoms with Crippen molar-refractivity contribution in [2.24, 2.45) is 0 Å². The standard InChI is InChI=1S/C11H16ClN3S/c1-4-7-16-11-8(14-13)5-6-9(10(11)12)15(2)3/h5-6,11H,4,7H2,1-3H3. The number of nitrogens with zero attached hydrogens (tertiary/aromatic N) is 3. The van der Waals surface area contributed by atoms with Crippen LogP contribution in [0.25, 0.3) is 5.53 Å². The van der Waals surface area contributed by atoms with E-state index in [0.29, 0.717) is 5.71 Å². The Bertz CT molecular complexity index is 367. The lowest BCUT2D eigenvalue weighted by atomic mass is 10.1. The largest absolute Gasteiger partial charge is 0.377 e. The van der Waals surface area contributed by atoms with Crippen LogP contribution in [0, 0.1) is 0 Å². The molecule has 88 valence electrons. The van der Waals surface area contributed by atoms with Crippen molar-refractivity contribution in [2.75, 3.05) is 19.8 Å². The highest BCUT2D eigenvalue weighted by Gasteiger charge is 2.30. The molecular formula is C11H16ClN3S. The van der Waals surface area contributed by atoms with Crippen molar-refractivity contribution >= 4 is 29.1 Å². The molecule has 16 heavy (non-hydrogen) atoms. The molecule has 1 aliphatic carbocycles. The molecule has 1 aliphatic rings. The van der Waals surface area contributed by atoms with Gasteiger partial charge >= 0.3 is 5.71 Å². The molecule has 0 amide bonds. The van der Waals surface area contributed by atoms with Crippen LogP contribution < -0.4 is 0 Å². The van der Waals surface area contributed by atoms with Crippen LogP contribution in [0.3, 0.4) is 0 Å². The topological polar surface area (TPSA) is 39.6 Å². The van der Waals surface area contributed by atoms with E-state index in [2.05, 4.69) is 11.7 Å². The molecule has 0 aromatic carbocycles. The SMILES string of the molecule is CCCSC1C(=[N+]=[N-])C=CC(N(C)C)=C1Cl. The number of allylic oxidation sites excluding steroid dienone is 2. The zero-order valence-corrected chi connectivity index (χ0v) is 11.3. The molecule has 0 spiro atoms. The van der Waals surface area contributed by atoms with Crippen LogP contribution in [0.5, 0.6) is 0 Å². The lowest BCUT2D eigenvalue weighted by Crippen LogP contribution is -2.25. The van der Waals surface area contributed by atoms with Gasteiger partial charge in [0.15, 0.2) is 0 Å². The Morgan fingerprint density at radius 3 is 2.69 bits per heavy atom. The lowest BCUT2D eigenvalue weighted by Gasteiger charge is -2.22. The van der Waals surface area contributed by atoms with Crippen LogP contribution in [0.1, 0.15) is 13.3 Å². The molecule has 1 rings (SSSR count). The van der Waals surface area contributed by atoms with E-state index in [1.807, 2.05) is 31.1 Å². The van der Waals surface area contributed by atoms with Gasteiger partial charge < -0.3 is 10.4 Å². The molecule has 0 saturated heterocycles. The Morgan fingerprint density at radius 1 is 1.50 bits per heavy atom. The van der Waals surface area contributed by atoms with Gasteiger partial charge in [0, 0.05) is 20.2 Å². The monoisotopic (exact) mass is 257 g/mol. The van der Waals surface area contributed by atoms with Gasteiger partial charge in [0.1, 0.15) is 5.25 Å². The smallest absolute Gasteiger partial charge is 0.310 e. The quantitative estimate of drug-likeness (QED) is 0.574. The van der Waals surface area contributed by atoms with E-state index in [1.165, 1.54) is 0 Å². The number of hydrogen-bond acceptors (Lipinski definition) is 2. The molecule has 0 bridgehead atoms. The maximum absolute atomic E-state index is 8.93. The van der Waals surface area contributed by atoms with Gasteiger partial charge in [0.05, 0.1) is 10.7 Å². The lowest BCUT2D eigenvalue weighted by molar-refractivity contribution is -0.00509. The fourth-order valence-corrected chi connectivity index (χ4v) is 3.01. The van der Waals surface area contributed by atoms with Crippen LogP contribution in [-0.2, 0) is 0 Å². The van der Waals surface area contributed by atoms with Crippen molar-refractivity contribution in [3.63, 3.8) is 0 Å². The maximum atomic E-state index is 8.93. The Hall–Kier alpha value is -0.700. The van der Waals surface area contributed by atoms with E-state index in [9.17, 15) is 0 Å². The van der Waals surface area contributed by atoms with Gasteiger partial charge in [0.2, 0.25) is 0 Å². The van der Waals surface area contributed by atoms with E-state index < -0.39 is 0 Å². The van der Waals surface area contributed by atoms with Gasteiger partial charge in [-0.05, 0) is 18.2 Å². The maximum Gasteiger partial charge on any atom is 0.310 e. The summed E-state index contributed by atoms with van der Waals surface area (Å²) >= 11 is 8.03. The number of hydrogen-bond donors (Lipinski definition) is 0. The third-order valence-corrected chi connectivity index (χ3v) is 4.24. The van der Waals surface area contributed by atoms with E-state index in [0.717, 1.165) is 22.9 Å². The normalized spacial score (nSPS) is 20.0. The fourth-order valence-electron chi connectivity index (χ4n) is 1.44. The first-order valence-electron chi connectivity index (χ1n) is 5.20. The Kier molecular flexibility index (Phi) is 5.13. The molecule has 0 aromatic rings. The Morgan fingerprint density at radius 2 is 2.19 bits per heavy atom. The molecule has 0 saturated carbocycles. The van der Waals surface area contributed by atoms with Crippen molar-refractivity contribution in [2.45, 2.75) is 18.6 Å². The van der Waals surface area contributed by atoms with E-state index >= 15 is 0 Å². The average molecular weight is 258 g/mol. The molecule has 0 aliphatic heterocycles. The molecule has 0 fully saturated rings.